The molecular weight excluding hydrogens is 326 g/mol. The molecule has 0 radical (unpaired) electrons. The summed E-state index contributed by atoms with van der Waals surface area (Å²) in [5, 5.41) is 3.50. The van der Waals surface area contributed by atoms with E-state index < -0.39 is 0 Å². The van der Waals surface area contributed by atoms with Gasteiger partial charge < -0.3 is 9.72 Å². The van der Waals surface area contributed by atoms with Gasteiger partial charge in [-0.1, -0.05) is 24.3 Å². The van der Waals surface area contributed by atoms with Crippen molar-refractivity contribution < 1.29 is 0 Å². The van der Waals surface area contributed by atoms with Crippen LogP contribution in [0, 0.1) is 6.92 Å². The Morgan fingerprint density at radius 1 is 1.19 bits per heavy atom. The van der Waals surface area contributed by atoms with Crippen molar-refractivity contribution in [3.63, 3.8) is 0 Å². The molecule has 21 heavy (non-hydrogen) atoms. The topological polar surface area (TPSA) is 29.3 Å². The molecule has 2 heterocycles. The Bertz CT molecular complexity index is 749. The first-order valence-corrected chi connectivity index (χ1v) is 7.90. The van der Waals surface area contributed by atoms with E-state index in [9.17, 15) is 0 Å². The van der Waals surface area contributed by atoms with Crippen molar-refractivity contribution in [1.29, 1.82) is 0 Å². The van der Waals surface area contributed by atoms with E-state index in [1.54, 1.807) is 0 Å². The third-order valence-corrected chi connectivity index (χ3v) is 4.15. The van der Waals surface area contributed by atoms with Crippen molar-refractivity contribution in [2.45, 2.75) is 19.9 Å². The number of benzene rings is 1. The lowest BCUT2D eigenvalue weighted by Gasteiger charge is -2.07. The third-order valence-electron chi connectivity index (χ3n) is 3.68. The van der Waals surface area contributed by atoms with E-state index in [0.29, 0.717) is 0 Å². The van der Waals surface area contributed by atoms with Crippen LogP contribution in [0.1, 0.15) is 16.8 Å². The van der Waals surface area contributed by atoms with E-state index >= 15 is 0 Å². The van der Waals surface area contributed by atoms with E-state index in [1.807, 2.05) is 18.3 Å². The molecule has 3 rings (SSSR count). The van der Waals surface area contributed by atoms with Crippen LogP contribution in [-0.2, 0) is 13.0 Å². The van der Waals surface area contributed by atoms with Gasteiger partial charge in [0.05, 0.1) is 11.9 Å². The fraction of sp³-hybridized carbons (Fsp3) is 0.235. The van der Waals surface area contributed by atoms with Crippen molar-refractivity contribution >= 4 is 21.6 Å². The zero-order chi connectivity index (χ0) is 14.7. The van der Waals surface area contributed by atoms with E-state index in [4.69, 9.17) is 0 Å². The van der Waals surface area contributed by atoms with Gasteiger partial charge in [0.2, 0.25) is 0 Å². The fourth-order valence-corrected chi connectivity index (χ4v) is 2.80. The van der Waals surface area contributed by atoms with Crippen LogP contribution in [0.25, 0.3) is 5.65 Å². The van der Waals surface area contributed by atoms with Gasteiger partial charge in [-0.2, -0.15) is 0 Å². The Morgan fingerprint density at radius 2 is 2.05 bits per heavy atom. The number of fused-ring (bicyclic) bond motifs is 1. The molecule has 1 aromatic carbocycles. The maximum absolute atomic E-state index is 4.41. The first-order valence-electron chi connectivity index (χ1n) is 7.11. The normalized spacial score (nSPS) is 11.1. The Labute approximate surface area is 133 Å². The van der Waals surface area contributed by atoms with E-state index in [0.717, 1.165) is 29.6 Å². The van der Waals surface area contributed by atoms with Gasteiger partial charge in [0.15, 0.2) is 0 Å². The molecule has 0 spiro atoms. The summed E-state index contributed by atoms with van der Waals surface area (Å²) in [5.74, 6) is 0. The number of pyridine rings is 1. The van der Waals surface area contributed by atoms with Crippen LogP contribution < -0.4 is 5.32 Å². The summed E-state index contributed by atoms with van der Waals surface area (Å²) < 4.78 is 3.18. The zero-order valence-electron chi connectivity index (χ0n) is 12.0. The van der Waals surface area contributed by atoms with Crippen molar-refractivity contribution in [3.8, 4) is 0 Å². The first kappa shape index (κ1) is 14.3. The van der Waals surface area contributed by atoms with Crippen molar-refractivity contribution in [2.24, 2.45) is 0 Å². The molecule has 0 fully saturated rings. The van der Waals surface area contributed by atoms with Gasteiger partial charge in [-0.25, -0.2) is 4.98 Å². The van der Waals surface area contributed by atoms with Gasteiger partial charge >= 0.3 is 0 Å². The number of imidazole rings is 1. The lowest BCUT2D eigenvalue weighted by Crippen LogP contribution is -2.18. The predicted octanol–water partition coefficient (Wildman–Crippen LogP) is 3.74. The zero-order valence-corrected chi connectivity index (χ0v) is 13.6. The summed E-state index contributed by atoms with van der Waals surface area (Å²) >= 11 is 3.50. The maximum Gasteiger partial charge on any atom is 0.136 e. The minimum absolute atomic E-state index is 0.823. The molecule has 0 amide bonds. The molecule has 0 aliphatic heterocycles. The number of hydrogen-bond acceptors (Lipinski definition) is 2. The molecule has 0 aliphatic rings. The highest BCUT2D eigenvalue weighted by molar-refractivity contribution is 9.10. The summed E-state index contributed by atoms with van der Waals surface area (Å²) in [6.07, 6.45) is 5.04. The van der Waals surface area contributed by atoms with Gasteiger partial charge in [0, 0.05) is 17.2 Å². The Balaban J connectivity index is 1.60. The molecule has 0 atom stereocenters. The van der Waals surface area contributed by atoms with E-state index in [1.165, 1.54) is 16.8 Å². The number of nitrogens with zero attached hydrogens (tertiary/aromatic N) is 2. The molecule has 0 aliphatic carbocycles. The average molecular weight is 344 g/mol. The van der Waals surface area contributed by atoms with Crippen LogP contribution in [-0.4, -0.2) is 15.9 Å². The summed E-state index contributed by atoms with van der Waals surface area (Å²) in [6.45, 7) is 3.95. The van der Waals surface area contributed by atoms with Crippen LogP contribution in [0.4, 0.5) is 0 Å². The minimum atomic E-state index is 0.823. The van der Waals surface area contributed by atoms with Crippen LogP contribution in [0.5, 0.6) is 0 Å². The molecule has 0 saturated carbocycles. The molecule has 3 nitrogen and oxygen atoms in total. The highest BCUT2D eigenvalue weighted by Gasteiger charge is 2.03. The van der Waals surface area contributed by atoms with Gasteiger partial charge in [0.25, 0.3) is 0 Å². The monoisotopic (exact) mass is 343 g/mol. The summed E-state index contributed by atoms with van der Waals surface area (Å²) in [7, 11) is 0. The molecule has 108 valence electrons. The smallest absolute Gasteiger partial charge is 0.136 e. The number of hydrogen-bond donors (Lipinski definition) is 1. The molecule has 0 bridgehead atoms. The predicted molar refractivity (Wildman–Crippen MR) is 89.5 cm³/mol. The molecule has 0 unspecified atom stereocenters. The van der Waals surface area contributed by atoms with Crippen LogP contribution in [0.15, 0.2) is 53.3 Å². The largest absolute Gasteiger partial charge is 0.311 e. The lowest BCUT2D eigenvalue weighted by molar-refractivity contribution is 0.670. The maximum atomic E-state index is 4.41. The average Bonchev–Trinajstić information content (AvgIpc) is 2.88. The van der Waals surface area contributed by atoms with Crippen molar-refractivity contribution in [2.75, 3.05) is 6.54 Å². The third kappa shape index (κ3) is 3.34. The molecule has 0 saturated heterocycles. The highest BCUT2D eigenvalue weighted by atomic mass is 79.9. The number of halogens is 1. The lowest BCUT2D eigenvalue weighted by atomic mass is 10.1. The first-order chi connectivity index (χ1) is 10.2. The number of nitrogens with one attached hydrogen (secondary N) is 1. The van der Waals surface area contributed by atoms with Crippen LogP contribution in [0.2, 0.25) is 0 Å². The Morgan fingerprint density at radius 3 is 2.90 bits per heavy atom. The van der Waals surface area contributed by atoms with Crippen LogP contribution >= 0.6 is 15.9 Å². The fourth-order valence-electron chi connectivity index (χ4n) is 2.47. The standard InChI is InChI=1S/C17H18BrN3/c1-13-4-2-3-5-14(13)8-9-19-10-16-11-20-17-7-6-15(18)12-21(16)17/h2-7,11-12,19H,8-10H2,1H3. The summed E-state index contributed by atoms with van der Waals surface area (Å²) in [6, 6.07) is 12.6. The second kappa shape index (κ2) is 6.41. The number of rotatable bonds is 5. The minimum Gasteiger partial charge on any atom is -0.311 e. The van der Waals surface area contributed by atoms with Crippen molar-refractivity contribution in [3.05, 3.63) is 70.1 Å². The van der Waals surface area contributed by atoms with Gasteiger partial charge in [-0.3, -0.25) is 0 Å². The summed E-state index contributed by atoms with van der Waals surface area (Å²) in [5.41, 5.74) is 4.92. The van der Waals surface area contributed by atoms with Gasteiger partial charge in [-0.15, -0.1) is 0 Å². The van der Waals surface area contributed by atoms with Gasteiger partial charge in [0.1, 0.15) is 5.65 Å². The second-order valence-electron chi connectivity index (χ2n) is 5.18. The highest BCUT2D eigenvalue weighted by Crippen LogP contribution is 2.13. The quantitative estimate of drug-likeness (QED) is 0.715. The van der Waals surface area contributed by atoms with Crippen molar-refractivity contribution in [1.82, 2.24) is 14.7 Å². The van der Waals surface area contributed by atoms with E-state index in [-0.39, 0.29) is 0 Å². The molecule has 2 aromatic heterocycles. The number of aromatic nitrogens is 2. The molecule has 4 heteroatoms. The van der Waals surface area contributed by atoms with Crippen LogP contribution in [0.3, 0.4) is 0 Å². The Hall–Kier alpha value is -1.65. The number of aryl methyl sites for hydroxylation is 1. The Kier molecular flexibility index (Phi) is 4.36. The molecular formula is C17H18BrN3. The molecule has 1 N–H and O–H groups in total. The SMILES string of the molecule is Cc1ccccc1CCNCc1cnc2ccc(Br)cn12. The second-order valence-corrected chi connectivity index (χ2v) is 6.09. The summed E-state index contributed by atoms with van der Waals surface area (Å²) in [4.78, 5) is 4.41. The van der Waals surface area contributed by atoms with Gasteiger partial charge in [-0.05, 0) is 59.1 Å². The van der Waals surface area contributed by atoms with E-state index in [2.05, 4.69) is 68.0 Å². The molecule has 3 aromatic rings.